The van der Waals surface area contributed by atoms with Crippen LogP contribution in [0.4, 0.5) is 17.6 Å². The number of thioether (sulfide) groups is 1. The van der Waals surface area contributed by atoms with E-state index in [0.717, 1.165) is 12.1 Å². The van der Waals surface area contributed by atoms with E-state index in [1.807, 2.05) is 20.1 Å². The number of hydrogen-bond donors (Lipinski definition) is 1. The van der Waals surface area contributed by atoms with Gasteiger partial charge in [0.05, 0.1) is 11.1 Å². The molecule has 0 radical (unpaired) electrons. The van der Waals surface area contributed by atoms with E-state index >= 15 is 0 Å². The lowest BCUT2D eigenvalue weighted by Crippen LogP contribution is -2.36. The van der Waals surface area contributed by atoms with Crippen LogP contribution in [0.1, 0.15) is 29.8 Å². The standard InChI is InChI=1S/C13H15F4NOS/c1-12(2,20-3)7-18-11(19)8-5-4-6-9(10(8)14)13(15,16)17/h4-6H,7H2,1-3H3,(H,18,19). The van der Waals surface area contributed by atoms with E-state index in [1.54, 1.807) is 0 Å². The molecule has 1 aromatic rings. The van der Waals surface area contributed by atoms with Crippen LogP contribution in [0.25, 0.3) is 0 Å². The summed E-state index contributed by atoms with van der Waals surface area (Å²) >= 11 is 1.49. The van der Waals surface area contributed by atoms with Crippen LogP contribution in [0.5, 0.6) is 0 Å². The molecular formula is C13H15F4NOS. The fourth-order valence-electron chi connectivity index (χ4n) is 1.39. The van der Waals surface area contributed by atoms with Gasteiger partial charge in [-0.1, -0.05) is 6.07 Å². The van der Waals surface area contributed by atoms with Crippen molar-refractivity contribution in [3.8, 4) is 0 Å². The molecule has 1 rings (SSSR count). The van der Waals surface area contributed by atoms with Gasteiger partial charge in [-0.3, -0.25) is 4.79 Å². The normalized spacial score (nSPS) is 12.3. The molecule has 1 aromatic carbocycles. The summed E-state index contributed by atoms with van der Waals surface area (Å²) in [5.41, 5.74) is -2.04. The smallest absolute Gasteiger partial charge is 0.351 e. The molecule has 0 fully saturated rings. The highest BCUT2D eigenvalue weighted by Gasteiger charge is 2.35. The summed E-state index contributed by atoms with van der Waals surface area (Å²) in [6.07, 6.45) is -2.98. The lowest BCUT2D eigenvalue weighted by molar-refractivity contribution is -0.140. The Hall–Kier alpha value is -1.24. The van der Waals surface area contributed by atoms with E-state index in [2.05, 4.69) is 5.32 Å². The second kappa shape index (κ2) is 6.03. The molecule has 0 aliphatic heterocycles. The van der Waals surface area contributed by atoms with Crippen LogP contribution >= 0.6 is 11.8 Å². The second-order valence-corrected chi connectivity index (χ2v) is 6.32. The topological polar surface area (TPSA) is 29.1 Å². The van der Waals surface area contributed by atoms with Crippen molar-refractivity contribution >= 4 is 17.7 Å². The number of carbonyl (C=O) groups excluding carboxylic acids is 1. The van der Waals surface area contributed by atoms with Crippen LogP contribution in [0.2, 0.25) is 0 Å². The number of carbonyl (C=O) groups is 1. The quantitative estimate of drug-likeness (QED) is 0.859. The van der Waals surface area contributed by atoms with Gasteiger partial charge >= 0.3 is 6.18 Å². The minimum atomic E-state index is -4.82. The van der Waals surface area contributed by atoms with Crippen LogP contribution in [-0.2, 0) is 6.18 Å². The van der Waals surface area contributed by atoms with Crippen LogP contribution in [-0.4, -0.2) is 23.5 Å². The summed E-state index contributed by atoms with van der Waals surface area (Å²) < 4.78 is 51.1. The maximum atomic E-state index is 13.7. The van der Waals surface area contributed by atoms with Crippen LogP contribution < -0.4 is 5.32 Å². The van der Waals surface area contributed by atoms with Crippen molar-refractivity contribution in [2.75, 3.05) is 12.8 Å². The third kappa shape index (κ3) is 4.13. The lowest BCUT2D eigenvalue weighted by Gasteiger charge is -2.22. The molecule has 0 saturated carbocycles. The van der Waals surface area contributed by atoms with Gasteiger partial charge in [-0.05, 0) is 32.2 Å². The Bertz CT molecular complexity index is 500. The van der Waals surface area contributed by atoms with Gasteiger partial charge in [0.15, 0.2) is 0 Å². The molecule has 0 aromatic heterocycles. The molecule has 0 bridgehead atoms. The second-order valence-electron chi connectivity index (χ2n) is 4.81. The fourth-order valence-corrected chi connectivity index (χ4v) is 1.60. The molecule has 2 nitrogen and oxygen atoms in total. The molecule has 112 valence electrons. The van der Waals surface area contributed by atoms with Gasteiger partial charge in [0.2, 0.25) is 0 Å². The van der Waals surface area contributed by atoms with Crippen molar-refractivity contribution in [3.05, 3.63) is 35.1 Å². The van der Waals surface area contributed by atoms with Gasteiger partial charge in [-0.25, -0.2) is 4.39 Å². The molecule has 0 aliphatic carbocycles. The van der Waals surface area contributed by atoms with E-state index < -0.39 is 29.0 Å². The zero-order chi connectivity index (χ0) is 15.6. The number of halogens is 4. The molecule has 0 unspecified atom stereocenters. The first-order valence-corrected chi connectivity index (χ1v) is 7.00. The zero-order valence-electron chi connectivity index (χ0n) is 11.3. The zero-order valence-corrected chi connectivity index (χ0v) is 12.1. The Morgan fingerprint density at radius 3 is 2.40 bits per heavy atom. The van der Waals surface area contributed by atoms with Crippen molar-refractivity contribution in [3.63, 3.8) is 0 Å². The van der Waals surface area contributed by atoms with Gasteiger partial charge in [-0.2, -0.15) is 24.9 Å². The van der Waals surface area contributed by atoms with Crippen LogP contribution in [0.15, 0.2) is 18.2 Å². The van der Waals surface area contributed by atoms with E-state index in [0.29, 0.717) is 6.07 Å². The summed E-state index contributed by atoms with van der Waals surface area (Å²) in [7, 11) is 0. The summed E-state index contributed by atoms with van der Waals surface area (Å²) in [5.74, 6) is -2.39. The minimum Gasteiger partial charge on any atom is -0.351 e. The third-order valence-electron chi connectivity index (χ3n) is 2.78. The Morgan fingerprint density at radius 2 is 1.90 bits per heavy atom. The first kappa shape index (κ1) is 16.8. The third-order valence-corrected chi connectivity index (χ3v) is 4.03. The van der Waals surface area contributed by atoms with Crippen molar-refractivity contribution in [1.29, 1.82) is 0 Å². The Labute approximate surface area is 118 Å². The fraction of sp³-hybridized carbons (Fsp3) is 0.462. The monoisotopic (exact) mass is 309 g/mol. The molecule has 7 heteroatoms. The van der Waals surface area contributed by atoms with Crippen molar-refractivity contribution in [1.82, 2.24) is 5.32 Å². The largest absolute Gasteiger partial charge is 0.419 e. The van der Waals surface area contributed by atoms with Gasteiger partial charge < -0.3 is 5.32 Å². The van der Waals surface area contributed by atoms with E-state index in [1.165, 1.54) is 11.8 Å². The molecule has 1 amide bonds. The van der Waals surface area contributed by atoms with Crippen molar-refractivity contribution in [2.24, 2.45) is 0 Å². The Morgan fingerprint density at radius 1 is 1.30 bits per heavy atom. The van der Waals surface area contributed by atoms with Gasteiger partial charge in [0.1, 0.15) is 5.82 Å². The van der Waals surface area contributed by atoms with Gasteiger partial charge in [-0.15, -0.1) is 0 Å². The molecule has 0 saturated heterocycles. The lowest BCUT2D eigenvalue weighted by atomic mass is 10.1. The maximum absolute atomic E-state index is 13.7. The van der Waals surface area contributed by atoms with Crippen molar-refractivity contribution < 1.29 is 22.4 Å². The number of benzene rings is 1. The Balaban J connectivity index is 2.95. The summed E-state index contributed by atoms with van der Waals surface area (Å²) in [5, 5.41) is 2.44. The average Bonchev–Trinajstić information content (AvgIpc) is 2.35. The molecule has 1 N–H and O–H groups in total. The summed E-state index contributed by atoms with van der Waals surface area (Å²) in [6, 6.07) is 2.66. The predicted molar refractivity (Wildman–Crippen MR) is 71.3 cm³/mol. The van der Waals surface area contributed by atoms with E-state index in [4.69, 9.17) is 0 Å². The Kier molecular flexibility index (Phi) is 5.07. The van der Waals surface area contributed by atoms with E-state index in [-0.39, 0.29) is 11.3 Å². The van der Waals surface area contributed by atoms with Gasteiger partial charge in [0, 0.05) is 11.3 Å². The molecule has 0 atom stereocenters. The van der Waals surface area contributed by atoms with E-state index in [9.17, 15) is 22.4 Å². The number of alkyl halides is 3. The maximum Gasteiger partial charge on any atom is 0.419 e. The highest BCUT2D eigenvalue weighted by molar-refractivity contribution is 7.99. The average molecular weight is 309 g/mol. The number of nitrogens with one attached hydrogen (secondary N) is 1. The predicted octanol–water partition coefficient (Wildman–Crippen LogP) is 3.72. The SMILES string of the molecule is CSC(C)(C)CNC(=O)c1cccc(C(F)(F)F)c1F. The highest BCUT2D eigenvalue weighted by atomic mass is 32.2. The minimum absolute atomic E-state index is 0.225. The first-order chi connectivity index (χ1) is 9.08. The number of amides is 1. The van der Waals surface area contributed by atoms with Crippen LogP contribution in [0.3, 0.4) is 0 Å². The highest BCUT2D eigenvalue weighted by Crippen LogP contribution is 2.32. The molecular weight excluding hydrogens is 294 g/mol. The molecule has 0 aliphatic rings. The number of hydrogen-bond acceptors (Lipinski definition) is 2. The van der Waals surface area contributed by atoms with Crippen molar-refractivity contribution in [2.45, 2.75) is 24.8 Å². The number of rotatable bonds is 4. The summed E-state index contributed by atoms with van der Waals surface area (Å²) in [4.78, 5) is 11.8. The molecule has 0 heterocycles. The first-order valence-electron chi connectivity index (χ1n) is 5.77. The van der Waals surface area contributed by atoms with Gasteiger partial charge in [0.25, 0.3) is 5.91 Å². The van der Waals surface area contributed by atoms with Crippen LogP contribution in [0, 0.1) is 5.82 Å². The summed E-state index contributed by atoms with van der Waals surface area (Å²) in [6.45, 7) is 3.95. The molecule has 20 heavy (non-hydrogen) atoms. The molecule has 0 spiro atoms.